The summed E-state index contributed by atoms with van der Waals surface area (Å²) in [5, 5.41) is 3.61. The van der Waals surface area contributed by atoms with Crippen molar-refractivity contribution in [2.75, 3.05) is 18.0 Å². The molecule has 8 heteroatoms. The van der Waals surface area contributed by atoms with Gasteiger partial charge in [-0.05, 0) is 43.5 Å². The van der Waals surface area contributed by atoms with E-state index in [2.05, 4.69) is 5.32 Å². The number of piperidine rings is 1. The number of halogens is 1. The quantitative estimate of drug-likeness (QED) is 0.627. The van der Waals surface area contributed by atoms with E-state index in [4.69, 9.17) is 11.6 Å². The lowest BCUT2D eigenvalue weighted by Gasteiger charge is -2.34. The zero-order valence-electron chi connectivity index (χ0n) is 18.8. The molecular formula is C25H27ClN4O3. The molecule has 0 radical (unpaired) electrons. The van der Waals surface area contributed by atoms with Gasteiger partial charge < -0.3 is 10.2 Å². The van der Waals surface area contributed by atoms with Crippen molar-refractivity contribution in [1.82, 2.24) is 14.5 Å². The van der Waals surface area contributed by atoms with Gasteiger partial charge in [-0.25, -0.2) is 4.79 Å². The summed E-state index contributed by atoms with van der Waals surface area (Å²) in [4.78, 5) is 40.6. The number of anilines is 1. The molecule has 33 heavy (non-hydrogen) atoms. The molecular weight excluding hydrogens is 440 g/mol. The van der Waals surface area contributed by atoms with Gasteiger partial charge in [0.1, 0.15) is 5.69 Å². The molecule has 1 saturated heterocycles. The van der Waals surface area contributed by atoms with Gasteiger partial charge in [0.25, 0.3) is 5.56 Å². The third-order valence-corrected chi connectivity index (χ3v) is 6.64. The second kappa shape index (κ2) is 9.67. The van der Waals surface area contributed by atoms with E-state index in [1.165, 1.54) is 7.05 Å². The number of hydrogen-bond acceptors (Lipinski definition) is 4. The van der Waals surface area contributed by atoms with Crippen LogP contribution in [-0.2, 0) is 18.4 Å². The smallest absolute Gasteiger partial charge is 0.335 e. The van der Waals surface area contributed by atoms with E-state index >= 15 is 0 Å². The first kappa shape index (κ1) is 22.9. The topological polar surface area (TPSA) is 76.3 Å². The maximum absolute atomic E-state index is 13.0. The van der Waals surface area contributed by atoms with Crippen LogP contribution in [-0.4, -0.2) is 28.1 Å². The summed E-state index contributed by atoms with van der Waals surface area (Å²) in [5.41, 5.74) is 2.03. The molecule has 4 rings (SSSR count). The third kappa shape index (κ3) is 4.59. The number of hydrogen-bond donors (Lipinski definition) is 1. The summed E-state index contributed by atoms with van der Waals surface area (Å²) in [5.74, 6) is -0.138. The molecule has 2 heterocycles. The lowest BCUT2D eigenvalue weighted by molar-refractivity contribution is -0.125. The van der Waals surface area contributed by atoms with Crippen LogP contribution in [0.25, 0.3) is 5.69 Å². The van der Waals surface area contributed by atoms with Gasteiger partial charge in [0, 0.05) is 37.6 Å². The van der Waals surface area contributed by atoms with E-state index in [1.54, 1.807) is 17.6 Å². The Morgan fingerprint density at radius 2 is 1.67 bits per heavy atom. The maximum atomic E-state index is 13.0. The number of amides is 1. The lowest BCUT2D eigenvalue weighted by Crippen LogP contribution is -2.46. The Morgan fingerprint density at radius 3 is 2.33 bits per heavy atom. The molecule has 0 aliphatic carbocycles. The van der Waals surface area contributed by atoms with Crippen LogP contribution in [0.5, 0.6) is 0 Å². The molecule has 0 bridgehead atoms. The molecule has 0 saturated carbocycles. The molecule has 3 aromatic rings. The summed E-state index contributed by atoms with van der Waals surface area (Å²) in [7, 11) is 1.50. The van der Waals surface area contributed by atoms with E-state index in [-0.39, 0.29) is 23.1 Å². The Balaban J connectivity index is 1.50. The van der Waals surface area contributed by atoms with Crippen molar-refractivity contribution < 1.29 is 4.79 Å². The highest BCUT2D eigenvalue weighted by molar-refractivity contribution is 6.31. The van der Waals surface area contributed by atoms with Crippen molar-refractivity contribution >= 4 is 23.2 Å². The minimum atomic E-state index is -0.374. The highest BCUT2D eigenvalue weighted by Gasteiger charge is 2.28. The molecule has 1 N–H and O–H groups in total. The largest absolute Gasteiger partial charge is 0.366 e. The lowest BCUT2D eigenvalue weighted by atomic mass is 9.95. The Labute approximate surface area is 197 Å². The Morgan fingerprint density at radius 1 is 1.03 bits per heavy atom. The van der Waals surface area contributed by atoms with Gasteiger partial charge in [0.15, 0.2) is 0 Å². The molecule has 0 unspecified atom stereocenters. The second-order valence-corrected chi connectivity index (χ2v) is 8.73. The summed E-state index contributed by atoms with van der Waals surface area (Å²) in [6.07, 6.45) is 1.25. The SMILES string of the molecule is Cc1c(N2CCC(C(=O)NCc3ccccc3Cl)CC2)c(=O)n(C)c(=O)n1-c1ccccc1. The number of carbonyl (C=O) groups is 1. The van der Waals surface area contributed by atoms with E-state index in [0.717, 1.165) is 10.1 Å². The first-order chi connectivity index (χ1) is 15.9. The van der Waals surface area contributed by atoms with Crippen molar-refractivity contribution in [3.63, 3.8) is 0 Å². The average Bonchev–Trinajstić information content (AvgIpc) is 2.83. The molecule has 7 nitrogen and oxygen atoms in total. The molecule has 1 aliphatic heterocycles. The zero-order valence-corrected chi connectivity index (χ0v) is 19.5. The molecule has 1 aliphatic rings. The fourth-order valence-electron chi connectivity index (χ4n) is 4.38. The second-order valence-electron chi connectivity index (χ2n) is 8.32. The molecule has 0 atom stereocenters. The van der Waals surface area contributed by atoms with E-state index in [9.17, 15) is 14.4 Å². The molecule has 1 aromatic heterocycles. The minimum absolute atomic E-state index is 0.00606. The average molecular weight is 467 g/mol. The highest BCUT2D eigenvalue weighted by atomic mass is 35.5. The number of carbonyl (C=O) groups excluding carboxylic acids is 1. The number of rotatable bonds is 5. The maximum Gasteiger partial charge on any atom is 0.335 e. The van der Waals surface area contributed by atoms with Crippen LogP contribution in [0.1, 0.15) is 24.1 Å². The first-order valence-electron chi connectivity index (χ1n) is 11.0. The normalized spacial score (nSPS) is 14.3. The van der Waals surface area contributed by atoms with E-state index < -0.39 is 0 Å². The van der Waals surface area contributed by atoms with Crippen molar-refractivity contribution in [2.45, 2.75) is 26.3 Å². The van der Waals surface area contributed by atoms with Gasteiger partial charge in [-0.15, -0.1) is 0 Å². The fraction of sp³-hybridized carbons (Fsp3) is 0.320. The van der Waals surface area contributed by atoms with Crippen LogP contribution in [0.15, 0.2) is 64.2 Å². The van der Waals surface area contributed by atoms with Gasteiger partial charge in [0.05, 0.1) is 11.4 Å². The van der Waals surface area contributed by atoms with Gasteiger partial charge in [-0.3, -0.25) is 18.7 Å². The molecule has 1 amide bonds. The minimum Gasteiger partial charge on any atom is -0.366 e. The van der Waals surface area contributed by atoms with Crippen LogP contribution in [0.4, 0.5) is 5.69 Å². The predicted octanol–water partition coefficient (Wildman–Crippen LogP) is 3.03. The van der Waals surface area contributed by atoms with Crippen molar-refractivity contribution in [2.24, 2.45) is 13.0 Å². The van der Waals surface area contributed by atoms with Crippen molar-refractivity contribution in [1.29, 1.82) is 0 Å². The molecule has 2 aromatic carbocycles. The Kier molecular flexibility index (Phi) is 6.70. The van der Waals surface area contributed by atoms with Gasteiger partial charge >= 0.3 is 5.69 Å². The van der Waals surface area contributed by atoms with Gasteiger partial charge in [0.2, 0.25) is 5.91 Å². The van der Waals surface area contributed by atoms with Gasteiger partial charge in [-0.1, -0.05) is 48.0 Å². The Bertz CT molecular complexity index is 1280. The third-order valence-electron chi connectivity index (χ3n) is 6.27. The summed E-state index contributed by atoms with van der Waals surface area (Å²) >= 11 is 6.18. The summed E-state index contributed by atoms with van der Waals surface area (Å²) in [6, 6.07) is 16.7. The van der Waals surface area contributed by atoms with Gasteiger partial charge in [-0.2, -0.15) is 0 Å². The molecule has 1 fully saturated rings. The fourth-order valence-corrected chi connectivity index (χ4v) is 4.58. The Hall–Kier alpha value is -3.32. The van der Waals surface area contributed by atoms with Crippen LogP contribution in [0.2, 0.25) is 5.02 Å². The van der Waals surface area contributed by atoms with E-state index in [0.29, 0.717) is 54.6 Å². The predicted molar refractivity (Wildman–Crippen MR) is 130 cm³/mol. The molecule has 172 valence electrons. The van der Waals surface area contributed by atoms with Crippen molar-refractivity contribution in [3.8, 4) is 5.69 Å². The zero-order chi connectivity index (χ0) is 23.5. The summed E-state index contributed by atoms with van der Waals surface area (Å²) < 4.78 is 2.72. The van der Waals surface area contributed by atoms with Crippen LogP contribution >= 0.6 is 11.6 Å². The number of nitrogens with zero attached hydrogens (tertiary/aromatic N) is 3. The van der Waals surface area contributed by atoms with Crippen LogP contribution < -0.4 is 21.5 Å². The summed E-state index contributed by atoms with van der Waals surface area (Å²) in [6.45, 7) is 3.31. The number of benzene rings is 2. The molecule has 0 spiro atoms. The van der Waals surface area contributed by atoms with Crippen LogP contribution in [0, 0.1) is 12.8 Å². The van der Waals surface area contributed by atoms with Crippen LogP contribution in [0.3, 0.4) is 0 Å². The number of nitrogens with one attached hydrogen (secondary N) is 1. The van der Waals surface area contributed by atoms with Crippen molar-refractivity contribution in [3.05, 3.63) is 91.7 Å². The number of para-hydroxylation sites is 1. The number of aromatic nitrogens is 2. The standard InChI is InChI=1S/C25H27ClN4O3/c1-17-22(24(32)28(2)25(33)30(17)20-9-4-3-5-10-20)29-14-12-18(13-15-29)23(31)27-16-19-8-6-7-11-21(19)26/h3-11,18H,12-16H2,1-2H3,(H,27,31). The highest BCUT2D eigenvalue weighted by Crippen LogP contribution is 2.24. The first-order valence-corrected chi connectivity index (χ1v) is 11.4. The monoisotopic (exact) mass is 466 g/mol. The van der Waals surface area contributed by atoms with E-state index in [1.807, 2.05) is 53.4 Å².